The van der Waals surface area contributed by atoms with Crippen molar-refractivity contribution in [2.24, 2.45) is 0 Å². The SMILES string of the molecule is CN(C)c1ccc(-c2cc(-c3ccc(N)cc3)nc(-c3ccc(N)cc3)c2)cc1. The van der Waals surface area contributed by atoms with Crippen molar-refractivity contribution >= 4 is 17.1 Å². The molecule has 4 nitrogen and oxygen atoms in total. The maximum Gasteiger partial charge on any atom is 0.0715 e. The van der Waals surface area contributed by atoms with E-state index < -0.39 is 0 Å². The Morgan fingerprint density at radius 3 is 1.38 bits per heavy atom. The van der Waals surface area contributed by atoms with Gasteiger partial charge in [-0.25, -0.2) is 4.98 Å². The predicted octanol–water partition coefficient (Wildman–Crippen LogP) is 5.31. The number of hydrogen-bond acceptors (Lipinski definition) is 4. The summed E-state index contributed by atoms with van der Waals surface area (Å²) in [5.41, 5.74) is 20.5. The van der Waals surface area contributed by atoms with E-state index in [0.29, 0.717) is 0 Å². The minimum absolute atomic E-state index is 0.739. The summed E-state index contributed by atoms with van der Waals surface area (Å²) >= 11 is 0. The monoisotopic (exact) mass is 380 g/mol. The van der Waals surface area contributed by atoms with E-state index in [0.717, 1.165) is 45.0 Å². The fourth-order valence-corrected chi connectivity index (χ4v) is 3.25. The second-order valence-electron chi connectivity index (χ2n) is 7.31. The fraction of sp³-hybridized carbons (Fsp3) is 0.0800. The van der Waals surface area contributed by atoms with Crippen LogP contribution in [0.4, 0.5) is 17.1 Å². The number of aromatic nitrogens is 1. The molecule has 4 aromatic rings. The van der Waals surface area contributed by atoms with E-state index in [-0.39, 0.29) is 0 Å². The van der Waals surface area contributed by atoms with E-state index in [4.69, 9.17) is 16.5 Å². The number of rotatable bonds is 4. The molecule has 0 unspecified atom stereocenters. The van der Waals surface area contributed by atoms with Gasteiger partial charge in [-0.15, -0.1) is 0 Å². The molecule has 29 heavy (non-hydrogen) atoms. The third kappa shape index (κ3) is 4.06. The molecule has 4 heteroatoms. The van der Waals surface area contributed by atoms with E-state index >= 15 is 0 Å². The van der Waals surface area contributed by atoms with Gasteiger partial charge in [0, 0.05) is 42.3 Å². The molecule has 0 saturated heterocycles. The van der Waals surface area contributed by atoms with Gasteiger partial charge in [-0.2, -0.15) is 0 Å². The van der Waals surface area contributed by atoms with Crippen LogP contribution >= 0.6 is 0 Å². The summed E-state index contributed by atoms with van der Waals surface area (Å²) in [6.45, 7) is 0. The van der Waals surface area contributed by atoms with Crippen LogP contribution in [0.15, 0.2) is 84.9 Å². The number of nitrogens with two attached hydrogens (primary N) is 2. The van der Waals surface area contributed by atoms with E-state index in [1.165, 1.54) is 5.69 Å². The molecule has 0 radical (unpaired) electrons. The second kappa shape index (κ2) is 7.68. The summed E-state index contributed by atoms with van der Waals surface area (Å²) in [5.74, 6) is 0. The Labute approximate surface area is 171 Å². The Balaban J connectivity index is 1.85. The van der Waals surface area contributed by atoms with Gasteiger partial charge in [-0.05, 0) is 59.7 Å². The van der Waals surface area contributed by atoms with E-state index in [1.54, 1.807) is 0 Å². The van der Waals surface area contributed by atoms with Gasteiger partial charge in [0.05, 0.1) is 11.4 Å². The molecule has 0 amide bonds. The molecular formula is C25H24N4. The second-order valence-corrected chi connectivity index (χ2v) is 7.31. The van der Waals surface area contributed by atoms with Crippen LogP contribution in [0.1, 0.15) is 0 Å². The highest BCUT2D eigenvalue weighted by molar-refractivity contribution is 5.78. The minimum Gasteiger partial charge on any atom is -0.399 e. The van der Waals surface area contributed by atoms with Crippen LogP contribution in [0.25, 0.3) is 33.6 Å². The largest absolute Gasteiger partial charge is 0.399 e. The standard InChI is InChI=1S/C25H24N4/c1-29(2)23-13-7-17(8-14-23)20-15-24(18-3-9-21(26)10-4-18)28-25(16-20)19-5-11-22(27)12-6-19/h3-16H,26-27H2,1-2H3. The van der Waals surface area contributed by atoms with Gasteiger partial charge in [0.2, 0.25) is 0 Å². The molecule has 0 bridgehead atoms. The van der Waals surface area contributed by atoms with E-state index in [9.17, 15) is 0 Å². The Morgan fingerprint density at radius 2 is 0.966 bits per heavy atom. The highest BCUT2D eigenvalue weighted by atomic mass is 15.1. The lowest BCUT2D eigenvalue weighted by Gasteiger charge is -2.14. The van der Waals surface area contributed by atoms with Crippen molar-refractivity contribution in [2.45, 2.75) is 0 Å². The molecule has 0 atom stereocenters. The summed E-state index contributed by atoms with van der Waals surface area (Å²) in [5, 5.41) is 0. The molecule has 0 saturated carbocycles. The molecule has 4 rings (SSSR count). The summed E-state index contributed by atoms with van der Waals surface area (Å²) in [6, 6.07) is 28.4. The lowest BCUT2D eigenvalue weighted by Crippen LogP contribution is -2.07. The van der Waals surface area contributed by atoms with Crippen LogP contribution in [-0.4, -0.2) is 19.1 Å². The normalized spacial score (nSPS) is 10.7. The Hall–Kier alpha value is -3.79. The highest BCUT2D eigenvalue weighted by Gasteiger charge is 2.09. The zero-order valence-corrected chi connectivity index (χ0v) is 16.6. The summed E-state index contributed by atoms with van der Waals surface area (Å²) in [7, 11) is 4.08. The molecule has 0 fully saturated rings. The zero-order chi connectivity index (χ0) is 20.4. The number of pyridine rings is 1. The van der Waals surface area contributed by atoms with Crippen molar-refractivity contribution in [3.63, 3.8) is 0 Å². The molecule has 144 valence electrons. The third-order valence-corrected chi connectivity index (χ3v) is 4.96. The Bertz CT molecular complexity index is 1050. The van der Waals surface area contributed by atoms with Crippen LogP contribution in [0.5, 0.6) is 0 Å². The van der Waals surface area contributed by atoms with Crippen LogP contribution in [0.3, 0.4) is 0 Å². The topological polar surface area (TPSA) is 68.2 Å². The van der Waals surface area contributed by atoms with Gasteiger partial charge in [-0.1, -0.05) is 36.4 Å². The zero-order valence-electron chi connectivity index (χ0n) is 16.6. The summed E-state index contributed by atoms with van der Waals surface area (Å²) < 4.78 is 0. The maximum atomic E-state index is 5.86. The van der Waals surface area contributed by atoms with Crippen LogP contribution in [0.2, 0.25) is 0 Å². The third-order valence-electron chi connectivity index (χ3n) is 4.96. The fourth-order valence-electron chi connectivity index (χ4n) is 3.25. The van der Waals surface area contributed by atoms with Crippen LogP contribution in [0, 0.1) is 0 Å². The van der Waals surface area contributed by atoms with Gasteiger partial charge >= 0.3 is 0 Å². The van der Waals surface area contributed by atoms with Crippen LogP contribution < -0.4 is 16.4 Å². The first-order valence-corrected chi connectivity index (χ1v) is 9.51. The van der Waals surface area contributed by atoms with Gasteiger partial charge in [0.1, 0.15) is 0 Å². The number of nitrogens with zero attached hydrogens (tertiary/aromatic N) is 2. The number of hydrogen-bond donors (Lipinski definition) is 2. The number of nitrogen functional groups attached to an aromatic ring is 2. The van der Waals surface area contributed by atoms with E-state index in [2.05, 4.69) is 41.3 Å². The van der Waals surface area contributed by atoms with Crippen LogP contribution in [-0.2, 0) is 0 Å². The van der Waals surface area contributed by atoms with Crippen molar-refractivity contribution in [3.05, 3.63) is 84.9 Å². The van der Waals surface area contributed by atoms with Crippen molar-refractivity contribution in [3.8, 4) is 33.6 Å². The molecule has 1 aromatic heterocycles. The lowest BCUT2D eigenvalue weighted by atomic mass is 9.99. The van der Waals surface area contributed by atoms with Crippen molar-refractivity contribution in [1.82, 2.24) is 4.98 Å². The van der Waals surface area contributed by atoms with Crippen molar-refractivity contribution in [1.29, 1.82) is 0 Å². The first kappa shape index (κ1) is 18.6. The molecule has 0 aliphatic rings. The van der Waals surface area contributed by atoms with Gasteiger partial charge in [-0.3, -0.25) is 0 Å². The average Bonchev–Trinajstić information content (AvgIpc) is 2.74. The number of benzene rings is 3. The first-order valence-electron chi connectivity index (χ1n) is 9.51. The molecule has 0 aliphatic heterocycles. The average molecular weight is 380 g/mol. The lowest BCUT2D eigenvalue weighted by molar-refractivity contribution is 1.13. The molecule has 4 N–H and O–H groups in total. The van der Waals surface area contributed by atoms with Gasteiger partial charge < -0.3 is 16.4 Å². The molecule has 1 heterocycles. The Kier molecular flexibility index (Phi) is 4.92. The van der Waals surface area contributed by atoms with Crippen molar-refractivity contribution in [2.75, 3.05) is 30.5 Å². The molecule has 0 aliphatic carbocycles. The molecule has 0 spiro atoms. The highest BCUT2D eigenvalue weighted by Crippen LogP contribution is 2.31. The summed E-state index contributed by atoms with van der Waals surface area (Å²) in [4.78, 5) is 7.01. The van der Waals surface area contributed by atoms with Gasteiger partial charge in [0.25, 0.3) is 0 Å². The maximum absolute atomic E-state index is 5.86. The number of anilines is 3. The quantitative estimate of drug-likeness (QED) is 0.471. The van der Waals surface area contributed by atoms with E-state index in [1.807, 2.05) is 62.6 Å². The first-order chi connectivity index (χ1) is 14.0. The van der Waals surface area contributed by atoms with Crippen molar-refractivity contribution < 1.29 is 0 Å². The smallest absolute Gasteiger partial charge is 0.0715 e. The van der Waals surface area contributed by atoms with Gasteiger partial charge in [0.15, 0.2) is 0 Å². The Morgan fingerprint density at radius 1 is 0.552 bits per heavy atom. The predicted molar refractivity (Wildman–Crippen MR) is 124 cm³/mol. The summed E-state index contributed by atoms with van der Waals surface area (Å²) in [6.07, 6.45) is 0. The molecule has 3 aromatic carbocycles. The minimum atomic E-state index is 0.739. The molecular weight excluding hydrogens is 356 g/mol.